The minimum atomic E-state index is -0.144. The quantitative estimate of drug-likeness (QED) is 0.806. The summed E-state index contributed by atoms with van der Waals surface area (Å²) < 4.78 is 0. The van der Waals surface area contributed by atoms with Crippen molar-refractivity contribution in [2.45, 2.75) is 6.42 Å². The fourth-order valence-corrected chi connectivity index (χ4v) is 1.03. The van der Waals surface area contributed by atoms with Crippen LogP contribution in [0.15, 0.2) is 29.9 Å². The van der Waals surface area contributed by atoms with Crippen molar-refractivity contribution in [2.24, 2.45) is 0 Å². The molecule has 80 valence electrons. The SMILES string of the molecule is C=C(Cl)CNC(=O)Cc1ccc(N)cn1. The molecule has 0 bridgehead atoms. The number of hydrogen-bond donors (Lipinski definition) is 2. The number of nitrogens with zero attached hydrogens (tertiary/aromatic N) is 1. The predicted octanol–water partition coefficient (Wildman–Crippen LogP) is 1.07. The molecule has 0 fully saturated rings. The maximum absolute atomic E-state index is 11.3. The number of nitrogen functional groups attached to an aromatic ring is 1. The molecular formula is C10H12ClN3O. The minimum Gasteiger partial charge on any atom is -0.397 e. The molecular weight excluding hydrogens is 214 g/mol. The highest BCUT2D eigenvalue weighted by molar-refractivity contribution is 6.29. The summed E-state index contributed by atoms with van der Waals surface area (Å²) in [6.45, 7) is 3.74. The van der Waals surface area contributed by atoms with E-state index < -0.39 is 0 Å². The van der Waals surface area contributed by atoms with Crippen LogP contribution in [-0.2, 0) is 11.2 Å². The third-order valence-corrected chi connectivity index (χ3v) is 1.80. The molecule has 15 heavy (non-hydrogen) atoms. The Labute approximate surface area is 93.1 Å². The molecule has 0 unspecified atom stereocenters. The van der Waals surface area contributed by atoms with E-state index in [1.165, 1.54) is 6.20 Å². The molecule has 1 rings (SSSR count). The van der Waals surface area contributed by atoms with Crippen LogP contribution < -0.4 is 11.1 Å². The van der Waals surface area contributed by atoms with Gasteiger partial charge in [0.1, 0.15) is 0 Å². The Kier molecular flexibility index (Phi) is 4.12. The van der Waals surface area contributed by atoms with Crippen LogP contribution in [0.1, 0.15) is 5.69 Å². The van der Waals surface area contributed by atoms with E-state index in [1.54, 1.807) is 12.1 Å². The molecule has 0 aliphatic heterocycles. The normalized spacial score (nSPS) is 9.67. The van der Waals surface area contributed by atoms with Crippen LogP contribution in [0, 0.1) is 0 Å². The first-order valence-corrected chi connectivity index (χ1v) is 4.76. The number of rotatable bonds is 4. The smallest absolute Gasteiger partial charge is 0.226 e. The van der Waals surface area contributed by atoms with Gasteiger partial charge in [0.25, 0.3) is 0 Å². The maximum Gasteiger partial charge on any atom is 0.226 e. The van der Waals surface area contributed by atoms with Crippen LogP contribution in [0.2, 0.25) is 0 Å². The van der Waals surface area contributed by atoms with E-state index in [4.69, 9.17) is 17.3 Å². The molecule has 0 aliphatic rings. The second kappa shape index (κ2) is 5.36. The van der Waals surface area contributed by atoms with Gasteiger partial charge in [-0.15, -0.1) is 0 Å². The molecule has 4 nitrogen and oxygen atoms in total. The van der Waals surface area contributed by atoms with Gasteiger partial charge >= 0.3 is 0 Å². The number of nitrogens with two attached hydrogens (primary N) is 1. The first-order valence-electron chi connectivity index (χ1n) is 4.38. The van der Waals surface area contributed by atoms with Gasteiger partial charge in [-0.3, -0.25) is 9.78 Å². The Morgan fingerprint density at radius 1 is 1.60 bits per heavy atom. The van der Waals surface area contributed by atoms with E-state index in [0.29, 0.717) is 16.4 Å². The number of carbonyl (C=O) groups is 1. The zero-order valence-corrected chi connectivity index (χ0v) is 8.92. The van der Waals surface area contributed by atoms with E-state index in [2.05, 4.69) is 16.9 Å². The summed E-state index contributed by atoms with van der Waals surface area (Å²) in [6, 6.07) is 3.42. The molecule has 0 atom stereocenters. The highest BCUT2D eigenvalue weighted by Crippen LogP contribution is 2.01. The number of amides is 1. The lowest BCUT2D eigenvalue weighted by Gasteiger charge is -2.03. The van der Waals surface area contributed by atoms with Crippen LogP contribution in [0.25, 0.3) is 0 Å². The highest BCUT2D eigenvalue weighted by atomic mass is 35.5. The molecule has 0 aliphatic carbocycles. The van der Waals surface area contributed by atoms with Crippen LogP contribution in [0.5, 0.6) is 0 Å². The van der Waals surface area contributed by atoms with Gasteiger partial charge in [0.2, 0.25) is 5.91 Å². The summed E-state index contributed by atoms with van der Waals surface area (Å²) in [6.07, 6.45) is 1.73. The van der Waals surface area contributed by atoms with Gasteiger partial charge in [0.05, 0.1) is 24.8 Å². The summed E-state index contributed by atoms with van der Waals surface area (Å²) in [5.41, 5.74) is 6.71. The standard InChI is InChI=1S/C10H12ClN3O/c1-7(11)5-14-10(15)4-9-3-2-8(12)6-13-9/h2-3,6H,1,4-5,12H2,(H,14,15). The zero-order chi connectivity index (χ0) is 11.3. The molecule has 0 saturated carbocycles. The molecule has 1 amide bonds. The number of halogens is 1. The van der Waals surface area contributed by atoms with E-state index in [0.717, 1.165) is 0 Å². The van der Waals surface area contributed by atoms with E-state index in [9.17, 15) is 4.79 Å². The van der Waals surface area contributed by atoms with Crippen LogP contribution >= 0.6 is 11.6 Å². The fourth-order valence-electron chi connectivity index (χ4n) is 0.962. The average Bonchev–Trinajstić information content (AvgIpc) is 2.19. The van der Waals surface area contributed by atoms with E-state index in [1.807, 2.05) is 0 Å². The highest BCUT2D eigenvalue weighted by Gasteiger charge is 2.03. The van der Waals surface area contributed by atoms with Crippen LogP contribution in [0.4, 0.5) is 5.69 Å². The van der Waals surface area contributed by atoms with Gasteiger partial charge in [-0.25, -0.2) is 0 Å². The van der Waals surface area contributed by atoms with Gasteiger partial charge in [0.15, 0.2) is 0 Å². The van der Waals surface area contributed by atoms with Crippen molar-refractivity contribution in [3.63, 3.8) is 0 Å². The third-order valence-electron chi connectivity index (χ3n) is 1.67. The number of pyridine rings is 1. The van der Waals surface area contributed by atoms with Crippen molar-refractivity contribution in [1.82, 2.24) is 10.3 Å². The van der Waals surface area contributed by atoms with Crippen molar-refractivity contribution in [3.05, 3.63) is 35.6 Å². The molecule has 1 aromatic rings. The molecule has 0 spiro atoms. The van der Waals surface area contributed by atoms with Gasteiger partial charge in [0, 0.05) is 10.7 Å². The van der Waals surface area contributed by atoms with Crippen molar-refractivity contribution < 1.29 is 4.79 Å². The summed E-state index contributed by atoms with van der Waals surface area (Å²) >= 11 is 5.50. The molecule has 0 radical (unpaired) electrons. The lowest BCUT2D eigenvalue weighted by molar-refractivity contribution is -0.120. The Balaban J connectivity index is 2.44. The fraction of sp³-hybridized carbons (Fsp3) is 0.200. The lowest BCUT2D eigenvalue weighted by Crippen LogP contribution is -2.26. The zero-order valence-electron chi connectivity index (χ0n) is 8.16. The van der Waals surface area contributed by atoms with Crippen molar-refractivity contribution in [3.8, 4) is 0 Å². The van der Waals surface area contributed by atoms with E-state index in [-0.39, 0.29) is 18.9 Å². The molecule has 1 heterocycles. The maximum atomic E-state index is 11.3. The second-order valence-electron chi connectivity index (χ2n) is 3.05. The topological polar surface area (TPSA) is 68.0 Å². The number of nitrogens with one attached hydrogen (secondary N) is 1. The van der Waals surface area contributed by atoms with Crippen LogP contribution in [-0.4, -0.2) is 17.4 Å². The van der Waals surface area contributed by atoms with Gasteiger partial charge in [-0.05, 0) is 12.1 Å². The Morgan fingerprint density at radius 2 is 2.33 bits per heavy atom. The average molecular weight is 226 g/mol. The molecule has 0 saturated heterocycles. The first-order chi connectivity index (χ1) is 7.08. The molecule has 1 aromatic heterocycles. The summed E-state index contributed by atoms with van der Waals surface area (Å²) in [5, 5.41) is 3.00. The Hall–Kier alpha value is -1.55. The monoisotopic (exact) mass is 225 g/mol. The predicted molar refractivity (Wildman–Crippen MR) is 60.4 cm³/mol. The number of aromatic nitrogens is 1. The minimum absolute atomic E-state index is 0.144. The van der Waals surface area contributed by atoms with Crippen LogP contribution in [0.3, 0.4) is 0 Å². The van der Waals surface area contributed by atoms with Gasteiger partial charge in [-0.2, -0.15) is 0 Å². The molecule has 5 heteroatoms. The Bertz CT molecular complexity index is 361. The second-order valence-corrected chi connectivity index (χ2v) is 3.59. The van der Waals surface area contributed by atoms with Gasteiger partial charge in [-0.1, -0.05) is 18.2 Å². The molecule has 3 N–H and O–H groups in total. The lowest BCUT2D eigenvalue weighted by atomic mass is 10.2. The number of carbonyl (C=O) groups excluding carboxylic acids is 1. The van der Waals surface area contributed by atoms with Crippen molar-refractivity contribution in [2.75, 3.05) is 12.3 Å². The number of anilines is 1. The molecule has 0 aromatic carbocycles. The van der Waals surface area contributed by atoms with Crippen molar-refractivity contribution in [1.29, 1.82) is 0 Å². The van der Waals surface area contributed by atoms with E-state index >= 15 is 0 Å². The Morgan fingerprint density at radius 3 is 2.87 bits per heavy atom. The summed E-state index contributed by atoms with van der Waals surface area (Å²) in [5.74, 6) is -0.144. The number of hydrogen-bond acceptors (Lipinski definition) is 3. The van der Waals surface area contributed by atoms with Gasteiger partial charge < -0.3 is 11.1 Å². The largest absolute Gasteiger partial charge is 0.397 e. The van der Waals surface area contributed by atoms with Crippen molar-refractivity contribution >= 4 is 23.2 Å². The summed E-state index contributed by atoms with van der Waals surface area (Å²) in [4.78, 5) is 15.3. The first kappa shape index (κ1) is 11.5. The third kappa shape index (κ3) is 4.46. The summed E-state index contributed by atoms with van der Waals surface area (Å²) in [7, 11) is 0.